The number of benzene rings is 2. The van der Waals surface area contributed by atoms with E-state index in [1.165, 1.54) is 28.8 Å². The van der Waals surface area contributed by atoms with Crippen LogP contribution in [0.2, 0.25) is 10.0 Å². The van der Waals surface area contributed by atoms with Gasteiger partial charge in [0, 0.05) is 46.6 Å². The summed E-state index contributed by atoms with van der Waals surface area (Å²) in [6.45, 7) is 4.02. The number of amides is 2. The molecular weight excluding hydrogens is 461 g/mol. The number of non-ortho nitro benzene ring substituents is 1. The molecule has 0 radical (unpaired) electrons. The fourth-order valence-corrected chi connectivity index (χ4v) is 4.20. The summed E-state index contributed by atoms with van der Waals surface area (Å²) in [7, 11) is 0. The fourth-order valence-electron chi connectivity index (χ4n) is 2.81. The van der Waals surface area contributed by atoms with Crippen LogP contribution in [0.4, 0.5) is 5.69 Å². The van der Waals surface area contributed by atoms with Crippen LogP contribution < -0.4 is 5.32 Å². The summed E-state index contributed by atoms with van der Waals surface area (Å²) in [5, 5.41) is 14.3. The van der Waals surface area contributed by atoms with Gasteiger partial charge in [-0.2, -0.15) is 0 Å². The number of nitro groups is 1. The average molecular weight is 484 g/mol. The van der Waals surface area contributed by atoms with E-state index in [1.54, 1.807) is 37.3 Å². The van der Waals surface area contributed by atoms with E-state index >= 15 is 0 Å². The van der Waals surface area contributed by atoms with Crippen molar-refractivity contribution in [2.45, 2.75) is 32.2 Å². The SMILES string of the molecule is CCNC(=O)C(C)N(Cc1c(Cl)cccc1Cl)C(=O)CSCc1ccc([N+](=O)[O-])cc1. The first kappa shape index (κ1) is 25.0. The first-order chi connectivity index (χ1) is 14.7. The predicted molar refractivity (Wildman–Crippen MR) is 124 cm³/mol. The Hall–Kier alpha value is -2.29. The second kappa shape index (κ2) is 11.9. The van der Waals surface area contributed by atoms with Gasteiger partial charge in [0.05, 0.1) is 10.7 Å². The van der Waals surface area contributed by atoms with Gasteiger partial charge in [0.15, 0.2) is 0 Å². The van der Waals surface area contributed by atoms with Gasteiger partial charge < -0.3 is 10.2 Å². The highest BCUT2D eigenvalue weighted by Gasteiger charge is 2.27. The van der Waals surface area contributed by atoms with E-state index in [4.69, 9.17) is 23.2 Å². The third-order valence-electron chi connectivity index (χ3n) is 4.55. The quantitative estimate of drug-likeness (QED) is 0.390. The Balaban J connectivity index is 2.10. The standard InChI is InChI=1S/C21H23Cl2N3O4S/c1-3-24-21(28)14(2)25(11-17-18(22)5-4-6-19(17)23)20(27)13-31-12-15-7-9-16(10-8-15)26(29)30/h4-10,14H,3,11-13H2,1-2H3,(H,24,28). The van der Waals surface area contributed by atoms with Gasteiger partial charge in [0.25, 0.3) is 5.69 Å². The molecule has 31 heavy (non-hydrogen) atoms. The molecule has 0 spiro atoms. The molecule has 0 aliphatic rings. The van der Waals surface area contributed by atoms with Crippen molar-refractivity contribution in [3.05, 3.63) is 73.8 Å². The van der Waals surface area contributed by atoms with Crippen molar-refractivity contribution in [2.24, 2.45) is 0 Å². The number of carbonyl (C=O) groups excluding carboxylic acids is 2. The Kier molecular flexibility index (Phi) is 9.61. The maximum Gasteiger partial charge on any atom is 0.269 e. The highest BCUT2D eigenvalue weighted by atomic mass is 35.5. The molecule has 1 atom stereocenters. The molecule has 0 bridgehead atoms. The maximum absolute atomic E-state index is 13.0. The number of carbonyl (C=O) groups is 2. The number of halogens is 2. The monoisotopic (exact) mass is 483 g/mol. The van der Waals surface area contributed by atoms with Gasteiger partial charge in [-0.25, -0.2) is 0 Å². The Labute approximate surface area is 195 Å². The van der Waals surface area contributed by atoms with Crippen LogP contribution in [0, 0.1) is 10.1 Å². The molecule has 166 valence electrons. The molecule has 10 heteroatoms. The molecular formula is C21H23Cl2N3O4S. The second-order valence-corrected chi connectivity index (χ2v) is 8.51. The Morgan fingerprint density at radius 1 is 1.16 bits per heavy atom. The zero-order valence-electron chi connectivity index (χ0n) is 17.1. The van der Waals surface area contributed by atoms with Crippen LogP contribution in [0.1, 0.15) is 25.0 Å². The van der Waals surface area contributed by atoms with Crippen LogP contribution in [0.15, 0.2) is 42.5 Å². The lowest BCUT2D eigenvalue weighted by atomic mass is 10.1. The molecule has 0 aliphatic heterocycles. The Bertz CT molecular complexity index is 920. The van der Waals surface area contributed by atoms with Crippen molar-refractivity contribution in [3.63, 3.8) is 0 Å². The van der Waals surface area contributed by atoms with Crippen molar-refractivity contribution >= 4 is 52.5 Å². The number of nitro benzene ring substituents is 1. The smallest absolute Gasteiger partial charge is 0.269 e. The van der Waals surface area contributed by atoms with Crippen LogP contribution in [0.3, 0.4) is 0 Å². The third-order valence-corrected chi connectivity index (χ3v) is 6.25. The van der Waals surface area contributed by atoms with Gasteiger partial charge in [-0.1, -0.05) is 41.4 Å². The molecule has 0 heterocycles. The summed E-state index contributed by atoms with van der Waals surface area (Å²) in [6, 6.07) is 10.6. The van der Waals surface area contributed by atoms with Crippen molar-refractivity contribution in [1.82, 2.24) is 10.2 Å². The van der Waals surface area contributed by atoms with E-state index in [2.05, 4.69) is 5.32 Å². The lowest BCUT2D eigenvalue weighted by molar-refractivity contribution is -0.384. The van der Waals surface area contributed by atoms with Gasteiger partial charge in [0.1, 0.15) is 6.04 Å². The highest BCUT2D eigenvalue weighted by molar-refractivity contribution is 7.99. The van der Waals surface area contributed by atoms with E-state index in [9.17, 15) is 19.7 Å². The van der Waals surface area contributed by atoms with Crippen LogP contribution >= 0.6 is 35.0 Å². The maximum atomic E-state index is 13.0. The summed E-state index contributed by atoms with van der Waals surface area (Å²) < 4.78 is 0. The number of nitrogens with zero attached hydrogens (tertiary/aromatic N) is 2. The fraction of sp³-hybridized carbons (Fsp3) is 0.333. The number of likely N-dealkylation sites (N-methyl/N-ethyl adjacent to an activating group) is 1. The Morgan fingerprint density at radius 3 is 2.32 bits per heavy atom. The van der Waals surface area contributed by atoms with Gasteiger partial charge >= 0.3 is 0 Å². The summed E-state index contributed by atoms with van der Waals surface area (Å²) in [6.07, 6.45) is 0. The number of rotatable bonds is 10. The highest BCUT2D eigenvalue weighted by Crippen LogP contribution is 2.27. The van der Waals surface area contributed by atoms with E-state index in [1.807, 2.05) is 6.92 Å². The topological polar surface area (TPSA) is 92.6 Å². The number of hydrogen-bond acceptors (Lipinski definition) is 5. The molecule has 2 aromatic rings. The van der Waals surface area contributed by atoms with E-state index in [0.717, 1.165) is 5.56 Å². The lowest BCUT2D eigenvalue weighted by Crippen LogP contribution is -2.48. The van der Waals surface area contributed by atoms with Crippen LogP contribution in [0.25, 0.3) is 0 Å². The largest absolute Gasteiger partial charge is 0.355 e. The van der Waals surface area contributed by atoms with E-state index in [-0.39, 0.29) is 29.8 Å². The minimum atomic E-state index is -0.709. The lowest BCUT2D eigenvalue weighted by Gasteiger charge is -2.29. The average Bonchev–Trinajstić information content (AvgIpc) is 2.73. The number of hydrogen-bond donors (Lipinski definition) is 1. The van der Waals surface area contributed by atoms with Crippen molar-refractivity contribution in [2.75, 3.05) is 12.3 Å². The first-order valence-electron chi connectivity index (χ1n) is 9.55. The summed E-state index contributed by atoms with van der Waals surface area (Å²) in [5.74, 6) is 0.129. The normalized spacial score (nSPS) is 11.6. The Morgan fingerprint density at radius 2 is 1.77 bits per heavy atom. The van der Waals surface area contributed by atoms with Gasteiger partial charge in [0.2, 0.25) is 11.8 Å². The minimum Gasteiger partial charge on any atom is -0.355 e. The minimum absolute atomic E-state index is 0.0170. The zero-order chi connectivity index (χ0) is 23.0. The molecule has 2 rings (SSSR count). The van der Waals surface area contributed by atoms with Gasteiger partial charge in [-0.15, -0.1) is 11.8 Å². The second-order valence-electron chi connectivity index (χ2n) is 6.71. The molecule has 0 saturated heterocycles. The zero-order valence-corrected chi connectivity index (χ0v) is 19.5. The third kappa shape index (κ3) is 7.12. The molecule has 0 aliphatic carbocycles. The summed E-state index contributed by atoms with van der Waals surface area (Å²) >= 11 is 13.9. The molecule has 0 saturated carbocycles. The van der Waals surface area contributed by atoms with Crippen molar-refractivity contribution in [3.8, 4) is 0 Å². The summed E-state index contributed by atoms with van der Waals surface area (Å²) in [4.78, 5) is 37.2. The van der Waals surface area contributed by atoms with E-state index in [0.29, 0.717) is 27.9 Å². The van der Waals surface area contributed by atoms with E-state index < -0.39 is 11.0 Å². The molecule has 1 N–H and O–H groups in total. The first-order valence-corrected chi connectivity index (χ1v) is 11.5. The molecule has 1 unspecified atom stereocenters. The van der Waals surface area contributed by atoms with Crippen LogP contribution in [0.5, 0.6) is 0 Å². The molecule has 7 nitrogen and oxygen atoms in total. The predicted octanol–water partition coefficient (Wildman–Crippen LogP) is 4.69. The van der Waals surface area contributed by atoms with Crippen molar-refractivity contribution in [1.29, 1.82) is 0 Å². The molecule has 2 amide bonds. The summed E-state index contributed by atoms with van der Waals surface area (Å²) in [5.41, 5.74) is 1.46. The van der Waals surface area contributed by atoms with Gasteiger partial charge in [-0.05, 0) is 31.5 Å². The number of thioether (sulfide) groups is 1. The molecule has 0 fully saturated rings. The molecule has 0 aromatic heterocycles. The van der Waals surface area contributed by atoms with Crippen LogP contribution in [-0.2, 0) is 21.9 Å². The number of nitrogens with one attached hydrogen (secondary N) is 1. The molecule has 2 aromatic carbocycles. The van der Waals surface area contributed by atoms with Crippen LogP contribution in [-0.4, -0.2) is 40.0 Å². The van der Waals surface area contributed by atoms with Crippen molar-refractivity contribution < 1.29 is 14.5 Å². The van der Waals surface area contributed by atoms with Gasteiger partial charge in [-0.3, -0.25) is 19.7 Å².